The van der Waals surface area contributed by atoms with E-state index in [4.69, 9.17) is 14.9 Å². The van der Waals surface area contributed by atoms with Crippen LogP contribution in [0.1, 0.15) is 23.7 Å². The van der Waals surface area contributed by atoms with E-state index in [-0.39, 0.29) is 13.2 Å². The van der Waals surface area contributed by atoms with Gasteiger partial charge >= 0.3 is 5.97 Å². The molecule has 1 atom stereocenters. The Labute approximate surface area is 108 Å². The average molecular weight is 303 g/mol. The summed E-state index contributed by atoms with van der Waals surface area (Å²) in [6, 6.07) is 5.30. The Kier molecular flexibility index (Phi) is 5.61. The molecule has 0 aromatic heterocycles. The van der Waals surface area contributed by atoms with Gasteiger partial charge < -0.3 is 14.9 Å². The van der Waals surface area contributed by atoms with Crippen molar-refractivity contribution in [1.29, 1.82) is 0 Å². The first-order valence-electron chi connectivity index (χ1n) is 5.27. The van der Waals surface area contributed by atoms with E-state index in [2.05, 4.69) is 15.9 Å². The number of hydrogen-bond acceptors (Lipinski definition) is 3. The second-order valence-corrected chi connectivity index (χ2v) is 4.53. The third kappa shape index (κ3) is 4.11. The number of hydrogen-bond donors (Lipinski definition) is 2. The summed E-state index contributed by atoms with van der Waals surface area (Å²) in [5.74, 6) is -1.02. The summed E-state index contributed by atoms with van der Waals surface area (Å²) in [6.07, 6.45) is -0.549. The quantitative estimate of drug-likeness (QED) is 0.791. The van der Waals surface area contributed by atoms with Crippen LogP contribution in [0.25, 0.3) is 0 Å². The minimum atomic E-state index is -1.02. The van der Waals surface area contributed by atoms with E-state index in [0.717, 1.165) is 10.0 Å². The fourth-order valence-electron chi connectivity index (χ4n) is 1.41. The maximum atomic E-state index is 11.1. The minimum Gasteiger partial charge on any atom is -0.479 e. The third-order valence-electron chi connectivity index (χ3n) is 2.30. The SMILES string of the molecule is Cc1cc(C(OCCCO)C(=O)O)ccc1Br. The molecule has 94 valence electrons. The Balaban J connectivity index is 2.82. The molecule has 0 amide bonds. The molecule has 2 N–H and O–H groups in total. The van der Waals surface area contributed by atoms with Gasteiger partial charge in [0.25, 0.3) is 0 Å². The Morgan fingerprint density at radius 2 is 2.24 bits per heavy atom. The number of aryl methyl sites for hydroxylation is 1. The molecule has 0 saturated carbocycles. The van der Waals surface area contributed by atoms with Crippen molar-refractivity contribution in [3.63, 3.8) is 0 Å². The van der Waals surface area contributed by atoms with Crippen molar-refractivity contribution in [1.82, 2.24) is 0 Å². The van der Waals surface area contributed by atoms with Gasteiger partial charge in [0.2, 0.25) is 0 Å². The molecule has 17 heavy (non-hydrogen) atoms. The molecule has 0 heterocycles. The smallest absolute Gasteiger partial charge is 0.337 e. The van der Waals surface area contributed by atoms with Crippen LogP contribution in [0.2, 0.25) is 0 Å². The highest BCUT2D eigenvalue weighted by atomic mass is 79.9. The summed E-state index contributed by atoms with van der Waals surface area (Å²) < 4.78 is 6.18. The fraction of sp³-hybridized carbons (Fsp3) is 0.417. The van der Waals surface area contributed by atoms with E-state index in [1.165, 1.54) is 0 Å². The third-order valence-corrected chi connectivity index (χ3v) is 3.19. The highest BCUT2D eigenvalue weighted by Crippen LogP contribution is 2.23. The van der Waals surface area contributed by atoms with E-state index >= 15 is 0 Å². The summed E-state index contributed by atoms with van der Waals surface area (Å²) in [7, 11) is 0. The second-order valence-electron chi connectivity index (χ2n) is 3.67. The standard InChI is InChI=1S/C12H15BrO4/c1-8-7-9(3-4-10(8)13)11(12(15)16)17-6-2-5-14/h3-4,7,11,14H,2,5-6H2,1H3,(H,15,16). The van der Waals surface area contributed by atoms with Crippen LogP contribution in [0, 0.1) is 6.92 Å². The van der Waals surface area contributed by atoms with Crippen molar-refractivity contribution in [2.45, 2.75) is 19.4 Å². The van der Waals surface area contributed by atoms with Crippen molar-refractivity contribution in [2.75, 3.05) is 13.2 Å². The Morgan fingerprint density at radius 1 is 1.53 bits per heavy atom. The van der Waals surface area contributed by atoms with Crippen molar-refractivity contribution in [2.24, 2.45) is 0 Å². The van der Waals surface area contributed by atoms with Crippen molar-refractivity contribution in [3.05, 3.63) is 33.8 Å². The fourth-order valence-corrected chi connectivity index (χ4v) is 1.65. The predicted molar refractivity (Wildman–Crippen MR) is 66.9 cm³/mol. The summed E-state index contributed by atoms with van der Waals surface area (Å²) in [4.78, 5) is 11.1. The summed E-state index contributed by atoms with van der Waals surface area (Å²) in [5, 5.41) is 17.7. The Hall–Kier alpha value is -0.910. The zero-order valence-corrected chi connectivity index (χ0v) is 11.1. The van der Waals surface area contributed by atoms with Gasteiger partial charge in [-0.1, -0.05) is 28.1 Å². The van der Waals surface area contributed by atoms with E-state index in [1.807, 2.05) is 6.92 Å². The topological polar surface area (TPSA) is 66.8 Å². The van der Waals surface area contributed by atoms with Crippen LogP contribution in [0.3, 0.4) is 0 Å². The highest BCUT2D eigenvalue weighted by molar-refractivity contribution is 9.10. The van der Waals surface area contributed by atoms with Gasteiger partial charge in [-0.15, -0.1) is 0 Å². The Morgan fingerprint density at radius 3 is 2.76 bits per heavy atom. The van der Waals surface area contributed by atoms with Crippen LogP contribution >= 0.6 is 15.9 Å². The summed E-state index contributed by atoms with van der Waals surface area (Å²) >= 11 is 3.36. The molecule has 1 aromatic carbocycles. The van der Waals surface area contributed by atoms with Crippen LogP contribution in [-0.4, -0.2) is 29.4 Å². The van der Waals surface area contributed by atoms with Crippen LogP contribution < -0.4 is 0 Å². The molecule has 0 spiro atoms. The minimum absolute atomic E-state index is 0.00823. The van der Waals surface area contributed by atoms with Gasteiger partial charge in [0.1, 0.15) is 0 Å². The number of carboxylic acids is 1. The summed E-state index contributed by atoms with van der Waals surface area (Å²) in [6.45, 7) is 2.11. The highest BCUT2D eigenvalue weighted by Gasteiger charge is 2.20. The van der Waals surface area contributed by atoms with Gasteiger partial charge in [-0.25, -0.2) is 4.79 Å². The zero-order chi connectivity index (χ0) is 12.8. The van der Waals surface area contributed by atoms with Gasteiger partial charge in [0.15, 0.2) is 6.10 Å². The molecule has 0 fully saturated rings. The zero-order valence-electron chi connectivity index (χ0n) is 9.52. The number of ether oxygens (including phenoxy) is 1. The molecular weight excluding hydrogens is 288 g/mol. The first-order valence-corrected chi connectivity index (χ1v) is 6.07. The molecule has 1 aromatic rings. The predicted octanol–water partition coefficient (Wildman–Crippen LogP) is 2.28. The molecule has 1 unspecified atom stereocenters. The summed E-state index contributed by atoms with van der Waals surface area (Å²) in [5.41, 5.74) is 1.57. The van der Waals surface area contributed by atoms with Gasteiger partial charge in [0, 0.05) is 11.1 Å². The number of aliphatic carboxylic acids is 1. The van der Waals surface area contributed by atoms with Gasteiger partial charge in [-0.2, -0.15) is 0 Å². The molecule has 0 saturated heterocycles. The van der Waals surface area contributed by atoms with E-state index < -0.39 is 12.1 Å². The van der Waals surface area contributed by atoms with Crippen LogP contribution in [0.15, 0.2) is 22.7 Å². The number of halogens is 1. The molecule has 0 aliphatic heterocycles. The van der Waals surface area contributed by atoms with Crippen molar-refractivity contribution in [3.8, 4) is 0 Å². The average Bonchev–Trinajstić information content (AvgIpc) is 2.28. The maximum Gasteiger partial charge on any atom is 0.337 e. The molecule has 1 rings (SSSR count). The number of benzene rings is 1. The van der Waals surface area contributed by atoms with Crippen molar-refractivity contribution < 1.29 is 19.7 Å². The first-order chi connectivity index (χ1) is 8.06. The molecule has 5 heteroatoms. The molecule has 0 aliphatic carbocycles. The number of aliphatic hydroxyl groups excluding tert-OH is 1. The largest absolute Gasteiger partial charge is 0.479 e. The number of rotatable bonds is 6. The molecular formula is C12H15BrO4. The van der Waals surface area contributed by atoms with Gasteiger partial charge in [-0.05, 0) is 30.5 Å². The van der Waals surface area contributed by atoms with Crippen LogP contribution in [0.4, 0.5) is 0 Å². The van der Waals surface area contributed by atoms with Crippen LogP contribution in [-0.2, 0) is 9.53 Å². The molecule has 0 radical (unpaired) electrons. The lowest BCUT2D eigenvalue weighted by atomic mass is 10.1. The van der Waals surface area contributed by atoms with Gasteiger partial charge in [-0.3, -0.25) is 0 Å². The Bertz CT molecular complexity index is 392. The molecule has 0 bridgehead atoms. The lowest BCUT2D eigenvalue weighted by molar-refractivity contribution is -0.151. The lowest BCUT2D eigenvalue weighted by Crippen LogP contribution is -2.16. The van der Waals surface area contributed by atoms with E-state index in [1.54, 1.807) is 18.2 Å². The van der Waals surface area contributed by atoms with E-state index in [0.29, 0.717) is 12.0 Å². The normalized spacial score (nSPS) is 12.4. The monoisotopic (exact) mass is 302 g/mol. The van der Waals surface area contributed by atoms with Crippen LogP contribution in [0.5, 0.6) is 0 Å². The van der Waals surface area contributed by atoms with E-state index in [9.17, 15) is 4.79 Å². The van der Waals surface area contributed by atoms with Crippen molar-refractivity contribution >= 4 is 21.9 Å². The maximum absolute atomic E-state index is 11.1. The number of carboxylic acid groups (broad SMARTS) is 1. The number of aliphatic hydroxyl groups is 1. The van der Waals surface area contributed by atoms with Gasteiger partial charge in [0.05, 0.1) is 6.61 Å². The first kappa shape index (κ1) is 14.2. The number of carbonyl (C=O) groups is 1. The molecule has 0 aliphatic rings. The lowest BCUT2D eigenvalue weighted by Gasteiger charge is -2.14. The molecule has 4 nitrogen and oxygen atoms in total. The second kappa shape index (κ2) is 6.74.